The third kappa shape index (κ3) is 3.55. The zero-order valence-corrected chi connectivity index (χ0v) is 28.8. The number of rotatable bonds is 2. The molecule has 3 aliphatic carbocycles. The fourth-order valence-corrected chi connectivity index (χ4v) is 10.2. The maximum atomic E-state index is 6.25. The molecular weight excluding hydrogens is 643 g/mol. The summed E-state index contributed by atoms with van der Waals surface area (Å²) in [4.78, 5) is 4.85. The van der Waals surface area contributed by atoms with E-state index in [0.29, 0.717) is 5.89 Å². The molecule has 0 saturated heterocycles. The normalized spacial score (nSPS) is 14.7. The maximum absolute atomic E-state index is 6.25. The summed E-state index contributed by atoms with van der Waals surface area (Å²) in [7, 11) is 0. The molecule has 0 bridgehead atoms. The molecule has 246 valence electrons. The van der Waals surface area contributed by atoms with Crippen molar-refractivity contribution in [3.05, 3.63) is 233 Å². The summed E-state index contributed by atoms with van der Waals surface area (Å²) in [6.07, 6.45) is 0. The van der Waals surface area contributed by atoms with Gasteiger partial charge in [-0.05, 0) is 108 Å². The lowest BCUT2D eigenvalue weighted by Gasteiger charge is -2.49. The summed E-state index contributed by atoms with van der Waals surface area (Å²) in [6, 6.07) is 69.5. The third-order valence-corrected chi connectivity index (χ3v) is 12.2. The molecule has 0 amide bonds. The lowest BCUT2D eigenvalue weighted by molar-refractivity contribution is 0.620. The van der Waals surface area contributed by atoms with Gasteiger partial charge >= 0.3 is 0 Å². The zero-order valence-electron chi connectivity index (χ0n) is 28.8. The summed E-state index contributed by atoms with van der Waals surface area (Å²) >= 11 is 0. The van der Waals surface area contributed by atoms with E-state index in [9.17, 15) is 0 Å². The number of aromatic nitrogens is 1. The van der Waals surface area contributed by atoms with Gasteiger partial charge in [-0.2, -0.15) is 0 Å². The summed E-state index contributed by atoms with van der Waals surface area (Å²) in [5.74, 6) is 0.633. The summed E-state index contributed by atoms with van der Waals surface area (Å²) < 4.78 is 6.25. The molecule has 3 aliphatic rings. The van der Waals surface area contributed by atoms with Gasteiger partial charge in [-0.25, -0.2) is 4.98 Å². The maximum Gasteiger partial charge on any atom is 0.227 e. The first kappa shape index (κ1) is 28.9. The molecule has 0 atom stereocenters. The molecule has 2 heteroatoms. The van der Waals surface area contributed by atoms with Gasteiger partial charge in [0.1, 0.15) is 5.52 Å². The number of hydrogen-bond acceptors (Lipinski definition) is 2. The van der Waals surface area contributed by atoms with Crippen LogP contribution in [0.2, 0.25) is 0 Å². The molecule has 0 fully saturated rings. The van der Waals surface area contributed by atoms with Gasteiger partial charge in [0.25, 0.3) is 0 Å². The highest BCUT2D eigenvalue weighted by Gasteiger charge is 2.58. The predicted molar refractivity (Wildman–Crippen MR) is 213 cm³/mol. The molecule has 0 N–H and O–H groups in total. The van der Waals surface area contributed by atoms with Crippen LogP contribution in [-0.2, 0) is 10.8 Å². The average Bonchev–Trinajstić information content (AvgIpc) is 3.89. The Morgan fingerprint density at radius 2 is 0.755 bits per heavy atom. The lowest BCUT2D eigenvalue weighted by atomic mass is 9.52. The Kier molecular flexibility index (Phi) is 5.67. The highest BCUT2D eigenvalue weighted by Crippen LogP contribution is 2.67. The number of nitrogens with zero attached hydrogens (tertiary/aromatic N) is 1. The predicted octanol–water partition coefficient (Wildman–Crippen LogP) is 12.2. The molecule has 2 nitrogen and oxygen atoms in total. The minimum atomic E-state index is -0.523. The molecule has 12 rings (SSSR count). The van der Waals surface area contributed by atoms with Crippen molar-refractivity contribution in [1.82, 2.24) is 4.98 Å². The summed E-state index contributed by atoms with van der Waals surface area (Å²) in [5.41, 5.74) is 19.8. The molecule has 1 heterocycles. The number of benzene rings is 8. The first-order valence-electron chi connectivity index (χ1n) is 18.4. The highest BCUT2D eigenvalue weighted by atomic mass is 16.3. The van der Waals surface area contributed by atoms with E-state index in [1.165, 1.54) is 66.8 Å². The minimum Gasteiger partial charge on any atom is -0.436 e. The van der Waals surface area contributed by atoms with Crippen LogP contribution in [0.4, 0.5) is 0 Å². The summed E-state index contributed by atoms with van der Waals surface area (Å²) in [6.45, 7) is 0. The van der Waals surface area contributed by atoms with Crippen LogP contribution in [0.15, 0.2) is 192 Å². The van der Waals surface area contributed by atoms with Gasteiger partial charge in [0, 0.05) is 5.56 Å². The first-order chi connectivity index (χ1) is 26.3. The van der Waals surface area contributed by atoms with Crippen molar-refractivity contribution < 1.29 is 4.42 Å². The Morgan fingerprint density at radius 1 is 0.321 bits per heavy atom. The van der Waals surface area contributed by atoms with Gasteiger partial charge < -0.3 is 4.42 Å². The van der Waals surface area contributed by atoms with E-state index in [2.05, 4.69) is 164 Å². The van der Waals surface area contributed by atoms with Crippen LogP contribution in [0.3, 0.4) is 0 Å². The molecule has 2 spiro atoms. The fraction of sp³-hybridized carbons (Fsp3) is 0.0392. The molecule has 0 unspecified atom stereocenters. The Labute approximate surface area is 307 Å². The Balaban J connectivity index is 1.20. The lowest BCUT2D eigenvalue weighted by Crippen LogP contribution is -2.43. The molecule has 0 radical (unpaired) electrons. The van der Waals surface area contributed by atoms with Crippen LogP contribution >= 0.6 is 0 Å². The number of oxazole rings is 1. The topological polar surface area (TPSA) is 26.0 Å². The number of fused-ring (bicyclic) bond motifs is 17. The van der Waals surface area contributed by atoms with Crippen LogP contribution in [0.25, 0.3) is 55.9 Å². The second-order valence-electron chi connectivity index (χ2n) is 14.6. The van der Waals surface area contributed by atoms with Crippen molar-refractivity contribution in [3.8, 4) is 44.8 Å². The van der Waals surface area contributed by atoms with Crippen molar-refractivity contribution in [2.24, 2.45) is 0 Å². The zero-order chi connectivity index (χ0) is 34.7. The second-order valence-corrected chi connectivity index (χ2v) is 14.6. The van der Waals surface area contributed by atoms with Gasteiger partial charge in [-0.1, -0.05) is 158 Å². The molecule has 8 aromatic carbocycles. The first-order valence-corrected chi connectivity index (χ1v) is 18.4. The van der Waals surface area contributed by atoms with Crippen molar-refractivity contribution in [3.63, 3.8) is 0 Å². The molecule has 0 saturated carbocycles. The average molecular weight is 674 g/mol. The molecule has 1 aromatic heterocycles. The number of hydrogen-bond donors (Lipinski definition) is 0. The van der Waals surface area contributed by atoms with E-state index in [0.717, 1.165) is 27.8 Å². The largest absolute Gasteiger partial charge is 0.436 e. The van der Waals surface area contributed by atoms with Gasteiger partial charge in [0.05, 0.1) is 10.8 Å². The van der Waals surface area contributed by atoms with Crippen molar-refractivity contribution in [2.45, 2.75) is 10.8 Å². The van der Waals surface area contributed by atoms with E-state index >= 15 is 0 Å². The van der Waals surface area contributed by atoms with Gasteiger partial charge in [0.15, 0.2) is 5.58 Å². The minimum absolute atomic E-state index is 0.491. The summed E-state index contributed by atoms with van der Waals surface area (Å²) in [5, 5.41) is 0. The van der Waals surface area contributed by atoms with Gasteiger partial charge in [-0.3, -0.25) is 0 Å². The van der Waals surface area contributed by atoms with E-state index in [1.807, 2.05) is 24.3 Å². The van der Waals surface area contributed by atoms with Gasteiger partial charge in [-0.15, -0.1) is 0 Å². The van der Waals surface area contributed by atoms with Crippen molar-refractivity contribution in [2.75, 3.05) is 0 Å². The third-order valence-electron chi connectivity index (χ3n) is 12.2. The Morgan fingerprint density at radius 3 is 1.32 bits per heavy atom. The van der Waals surface area contributed by atoms with Crippen molar-refractivity contribution >= 4 is 11.1 Å². The fourth-order valence-electron chi connectivity index (χ4n) is 10.2. The van der Waals surface area contributed by atoms with E-state index < -0.39 is 10.8 Å². The highest BCUT2D eigenvalue weighted by molar-refractivity contribution is 5.94. The molecule has 53 heavy (non-hydrogen) atoms. The van der Waals surface area contributed by atoms with Crippen LogP contribution in [0.1, 0.15) is 44.5 Å². The van der Waals surface area contributed by atoms with E-state index in [4.69, 9.17) is 9.40 Å². The smallest absolute Gasteiger partial charge is 0.227 e. The van der Waals surface area contributed by atoms with Crippen LogP contribution in [0, 0.1) is 0 Å². The SMILES string of the molecule is c1cc(-c2ccc3c(c2)C2(c4ccccc4-c4ccccc42)c2ccccc2C32c3ccccc3-c3ccccc32)cc(-c2nc3ccccc3o2)c1. The van der Waals surface area contributed by atoms with Crippen molar-refractivity contribution in [1.29, 1.82) is 0 Å². The Hall–Kier alpha value is -6.77. The number of para-hydroxylation sites is 2. The van der Waals surface area contributed by atoms with Gasteiger partial charge in [0.2, 0.25) is 5.89 Å². The van der Waals surface area contributed by atoms with Crippen LogP contribution < -0.4 is 0 Å². The monoisotopic (exact) mass is 673 g/mol. The van der Waals surface area contributed by atoms with Crippen LogP contribution in [0.5, 0.6) is 0 Å². The quantitative estimate of drug-likeness (QED) is 0.183. The second kappa shape index (κ2) is 10.4. The van der Waals surface area contributed by atoms with E-state index in [1.54, 1.807) is 0 Å². The molecule has 0 aliphatic heterocycles. The Bertz CT molecular complexity index is 2860. The standard InChI is InChI=1S/C51H31NO/c1-5-20-39-35(16-1)36-17-2-6-21-40(36)50(39)43-24-9-10-25-44(43)51(41-22-7-3-18-37(41)38-19-4-8-23-42(38)51)46-31-33(28-29-45(46)50)32-14-13-15-34(30-32)49-52-47-26-11-12-27-48(47)53-49/h1-31H. The molecular formula is C51H31NO. The van der Waals surface area contributed by atoms with E-state index in [-0.39, 0.29) is 0 Å². The molecule has 9 aromatic rings. The van der Waals surface area contributed by atoms with Crippen LogP contribution in [-0.4, -0.2) is 4.98 Å².